The highest BCUT2D eigenvalue weighted by atomic mass is 32.2. The first-order valence-electron chi connectivity index (χ1n) is 11.3. The number of benzene rings is 1. The summed E-state index contributed by atoms with van der Waals surface area (Å²) in [4.78, 5) is 14.8. The zero-order valence-corrected chi connectivity index (χ0v) is 20.0. The molecule has 8 heteroatoms. The van der Waals surface area contributed by atoms with Gasteiger partial charge in [-0.1, -0.05) is 25.1 Å². The number of aryl methyl sites for hydroxylation is 3. The maximum absolute atomic E-state index is 13.0. The summed E-state index contributed by atoms with van der Waals surface area (Å²) in [5, 5.41) is 2.40. The van der Waals surface area contributed by atoms with Crippen molar-refractivity contribution < 1.29 is 17.6 Å². The molecule has 1 aromatic carbocycles. The van der Waals surface area contributed by atoms with E-state index in [0.717, 1.165) is 28.2 Å². The first kappa shape index (κ1) is 23.0. The van der Waals surface area contributed by atoms with E-state index in [0.29, 0.717) is 32.5 Å². The summed E-state index contributed by atoms with van der Waals surface area (Å²) in [6.07, 6.45) is 1.17. The van der Waals surface area contributed by atoms with Crippen LogP contribution in [0.5, 0.6) is 0 Å². The quantitative estimate of drug-likeness (QED) is 0.717. The molecule has 174 valence electrons. The van der Waals surface area contributed by atoms with Gasteiger partial charge < -0.3 is 9.73 Å². The van der Waals surface area contributed by atoms with Crippen LogP contribution >= 0.6 is 0 Å². The lowest BCUT2D eigenvalue weighted by Crippen LogP contribution is -2.50. The van der Waals surface area contributed by atoms with E-state index in [1.807, 2.05) is 58.0 Å². The fourth-order valence-electron chi connectivity index (χ4n) is 4.97. The number of carbonyl (C=O) groups excluding carboxylic acids is 1. The summed E-state index contributed by atoms with van der Waals surface area (Å²) in [5.41, 5.74) is 3.10. The lowest BCUT2D eigenvalue weighted by molar-refractivity contribution is -0.127. The highest BCUT2D eigenvalue weighted by molar-refractivity contribution is 7.90. The van der Waals surface area contributed by atoms with Gasteiger partial charge in [-0.2, -0.15) is 4.72 Å². The molecule has 2 aliphatic heterocycles. The second kappa shape index (κ2) is 9.00. The highest BCUT2D eigenvalue weighted by Gasteiger charge is 2.48. The molecule has 0 bridgehead atoms. The van der Waals surface area contributed by atoms with Crippen LogP contribution in [0.15, 0.2) is 34.7 Å². The van der Waals surface area contributed by atoms with E-state index >= 15 is 0 Å². The van der Waals surface area contributed by atoms with Gasteiger partial charge in [0.05, 0.1) is 12.7 Å². The van der Waals surface area contributed by atoms with Gasteiger partial charge in [-0.15, -0.1) is 0 Å². The Kier molecular flexibility index (Phi) is 6.47. The maximum Gasteiger partial charge on any atom is 0.223 e. The van der Waals surface area contributed by atoms with Crippen LogP contribution in [0.3, 0.4) is 0 Å². The lowest BCUT2D eigenvalue weighted by atomic mass is 9.91. The number of nitrogens with one attached hydrogen (secondary N) is 2. The molecule has 2 N–H and O–H groups in total. The van der Waals surface area contributed by atoms with Crippen molar-refractivity contribution in [3.8, 4) is 0 Å². The van der Waals surface area contributed by atoms with Crippen LogP contribution in [0.4, 0.5) is 0 Å². The number of hydrogen-bond donors (Lipinski definition) is 2. The zero-order chi connectivity index (χ0) is 23.0. The Morgan fingerprint density at radius 2 is 1.84 bits per heavy atom. The van der Waals surface area contributed by atoms with E-state index in [2.05, 4.69) is 14.9 Å². The molecule has 1 amide bonds. The van der Waals surface area contributed by atoms with Crippen molar-refractivity contribution in [2.45, 2.75) is 58.5 Å². The predicted molar refractivity (Wildman–Crippen MR) is 123 cm³/mol. The topological polar surface area (TPSA) is 91.7 Å². The van der Waals surface area contributed by atoms with Crippen molar-refractivity contribution in [1.29, 1.82) is 0 Å². The van der Waals surface area contributed by atoms with Crippen molar-refractivity contribution >= 4 is 15.9 Å². The van der Waals surface area contributed by atoms with Crippen molar-refractivity contribution in [3.63, 3.8) is 0 Å². The van der Waals surface area contributed by atoms with E-state index in [1.54, 1.807) is 0 Å². The second-order valence-electron chi connectivity index (χ2n) is 9.27. The van der Waals surface area contributed by atoms with Crippen LogP contribution in [-0.4, -0.2) is 38.5 Å². The summed E-state index contributed by atoms with van der Waals surface area (Å²) in [6.45, 7) is 9.70. The molecule has 4 rings (SSSR count). The summed E-state index contributed by atoms with van der Waals surface area (Å²) in [6, 6.07) is 9.68. The lowest BCUT2D eigenvalue weighted by Gasteiger charge is -2.36. The summed E-state index contributed by atoms with van der Waals surface area (Å²) in [5.74, 6) is 1.46. The average molecular weight is 460 g/mol. The SMILES string of the molecule is Cc1ccc(CNC(=O)C2CCN(C3NS(=O)(=O)C(c4ccc(C)c(C)c4)C3C)CC2)o1. The van der Waals surface area contributed by atoms with Gasteiger partial charge in [0.1, 0.15) is 16.8 Å². The van der Waals surface area contributed by atoms with E-state index in [-0.39, 0.29) is 23.9 Å². The fourth-order valence-corrected chi connectivity index (χ4v) is 7.03. The molecule has 0 aliphatic carbocycles. The number of hydrogen-bond acceptors (Lipinski definition) is 5. The first-order chi connectivity index (χ1) is 15.2. The third-order valence-electron chi connectivity index (χ3n) is 6.98. The summed E-state index contributed by atoms with van der Waals surface area (Å²) >= 11 is 0. The summed E-state index contributed by atoms with van der Waals surface area (Å²) in [7, 11) is -3.47. The van der Waals surface area contributed by atoms with Crippen molar-refractivity contribution in [3.05, 3.63) is 58.5 Å². The van der Waals surface area contributed by atoms with Gasteiger partial charge in [0.15, 0.2) is 0 Å². The molecule has 0 radical (unpaired) electrons. The Balaban J connectivity index is 1.37. The van der Waals surface area contributed by atoms with Crippen LogP contribution < -0.4 is 10.0 Å². The molecule has 3 unspecified atom stereocenters. The van der Waals surface area contributed by atoms with Crippen molar-refractivity contribution in [2.24, 2.45) is 11.8 Å². The molecule has 0 saturated carbocycles. The van der Waals surface area contributed by atoms with Gasteiger partial charge in [-0.3, -0.25) is 9.69 Å². The number of likely N-dealkylation sites (tertiary alicyclic amines) is 1. The van der Waals surface area contributed by atoms with Gasteiger partial charge in [0.2, 0.25) is 15.9 Å². The number of piperidine rings is 1. The molecule has 0 spiro atoms. The van der Waals surface area contributed by atoms with E-state index < -0.39 is 15.3 Å². The molecule has 2 saturated heterocycles. The Labute approximate surface area is 190 Å². The molecule has 2 aromatic rings. The Hall–Kier alpha value is -2.16. The van der Waals surface area contributed by atoms with Crippen molar-refractivity contribution in [2.75, 3.05) is 13.1 Å². The average Bonchev–Trinajstić information content (AvgIpc) is 3.28. The highest BCUT2D eigenvalue weighted by Crippen LogP contribution is 2.40. The Bertz CT molecular complexity index is 1090. The molecule has 2 aliphatic rings. The van der Waals surface area contributed by atoms with Crippen LogP contribution in [0, 0.1) is 32.6 Å². The molecule has 1 aromatic heterocycles. The second-order valence-corrected chi connectivity index (χ2v) is 11.1. The molecule has 2 fully saturated rings. The third kappa shape index (κ3) is 4.63. The molecular formula is C24H33N3O4S. The Morgan fingerprint density at radius 1 is 1.12 bits per heavy atom. The molecule has 7 nitrogen and oxygen atoms in total. The number of amides is 1. The van der Waals surface area contributed by atoms with Gasteiger partial charge in [-0.05, 0) is 62.4 Å². The maximum atomic E-state index is 13.0. The zero-order valence-electron chi connectivity index (χ0n) is 19.2. The van der Waals surface area contributed by atoms with Crippen LogP contribution in [-0.2, 0) is 21.4 Å². The van der Waals surface area contributed by atoms with Gasteiger partial charge in [-0.25, -0.2) is 8.42 Å². The minimum atomic E-state index is -3.47. The van der Waals surface area contributed by atoms with Gasteiger partial charge >= 0.3 is 0 Å². The molecule has 3 heterocycles. The number of rotatable bonds is 5. The number of furan rings is 1. The fraction of sp³-hybridized carbons (Fsp3) is 0.542. The van der Waals surface area contributed by atoms with Crippen LogP contribution in [0.2, 0.25) is 0 Å². The van der Waals surface area contributed by atoms with E-state index in [9.17, 15) is 13.2 Å². The minimum absolute atomic E-state index is 0.0340. The molecule has 3 atom stereocenters. The monoisotopic (exact) mass is 459 g/mol. The first-order valence-corrected chi connectivity index (χ1v) is 12.9. The number of sulfonamides is 1. The predicted octanol–water partition coefficient (Wildman–Crippen LogP) is 3.17. The smallest absolute Gasteiger partial charge is 0.223 e. The molecule has 32 heavy (non-hydrogen) atoms. The standard InChI is InChI=1S/C24H33N3O4S/c1-15-5-7-20(13-16(15)2)22-18(4)23(26-32(22,29)30)27-11-9-19(10-12-27)24(28)25-14-21-8-6-17(3)31-21/h5-8,13,18-19,22-23,26H,9-12,14H2,1-4H3,(H,25,28). The van der Waals surface area contributed by atoms with Crippen molar-refractivity contribution in [1.82, 2.24) is 14.9 Å². The van der Waals surface area contributed by atoms with E-state index in [1.165, 1.54) is 0 Å². The summed E-state index contributed by atoms with van der Waals surface area (Å²) < 4.78 is 34.4. The van der Waals surface area contributed by atoms with Gasteiger partial charge in [0.25, 0.3) is 0 Å². The minimum Gasteiger partial charge on any atom is -0.465 e. The van der Waals surface area contributed by atoms with Crippen LogP contribution in [0.1, 0.15) is 53.2 Å². The van der Waals surface area contributed by atoms with E-state index in [4.69, 9.17) is 4.42 Å². The van der Waals surface area contributed by atoms with Crippen LogP contribution in [0.25, 0.3) is 0 Å². The Morgan fingerprint density at radius 3 is 2.47 bits per heavy atom. The number of carbonyl (C=O) groups is 1. The largest absolute Gasteiger partial charge is 0.465 e. The van der Waals surface area contributed by atoms with Gasteiger partial charge in [0, 0.05) is 24.9 Å². The number of nitrogens with zero attached hydrogens (tertiary/aromatic N) is 1. The molecular weight excluding hydrogens is 426 g/mol. The third-order valence-corrected chi connectivity index (χ3v) is 8.92. The normalized spacial score (nSPS) is 26.3.